The Bertz CT molecular complexity index is 325. The van der Waals surface area contributed by atoms with E-state index in [1.807, 2.05) is 37.3 Å². The van der Waals surface area contributed by atoms with Crippen LogP contribution in [-0.4, -0.2) is 18.0 Å². The first-order valence-corrected chi connectivity index (χ1v) is 4.92. The lowest BCUT2D eigenvalue weighted by Crippen LogP contribution is -2.20. The third-order valence-corrected chi connectivity index (χ3v) is 2.65. The van der Waals surface area contributed by atoms with Crippen molar-refractivity contribution in [2.75, 3.05) is 6.61 Å². The molecule has 1 fully saturated rings. The lowest BCUT2D eigenvalue weighted by atomic mass is 10.0. The van der Waals surface area contributed by atoms with Crippen LogP contribution in [0.2, 0.25) is 0 Å². The average Bonchev–Trinajstić information content (AvgIpc) is 2.96. The highest BCUT2D eigenvalue weighted by Gasteiger charge is 2.45. The first-order valence-electron chi connectivity index (χ1n) is 4.92. The van der Waals surface area contributed by atoms with Crippen molar-refractivity contribution in [2.24, 2.45) is 0 Å². The molecule has 14 heavy (non-hydrogen) atoms. The van der Waals surface area contributed by atoms with Crippen LogP contribution in [0.15, 0.2) is 30.3 Å². The molecule has 2 nitrogen and oxygen atoms in total. The van der Waals surface area contributed by atoms with Gasteiger partial charge < -0.3 is 4.74 Å². The highest BCUT2D eigenvalue weighted by molar-refractivity contribution is 5.89. The standard InChI is InChI=1S/C12H14O2/c1-12(9-14-12)11(13)8-7-10-5-3-2-4-6-10/h2-6H,7-9H2,1H3/t12-/m1/s1. The van der Waals surface area contributed by atoms with Crippen molar-refractivity contribution < 1.29 is 9.53 Å². The summed E-state index contributed by atoms with van der Waals surface area (Å²) in [5.41, 5.74) is 0.763. The van der Waals surface area contributed by atoms with E-state index in [-0.39, 0.29) is 5.78 Å². The number of carbonyl (C=O) groups excluding carboxylic acids is 1. The molecular formula is C12H14O2. The van der Waals surface area contributed by atoms with E-state index in [1.54, 1.807) is 0 Å². The number of benzene rings is 1. The molecule has 1 aliphatic rings. The highest BCUT2D eigenvalue weighted by Crippen LogP contribution is 2.28. The molecule has 1 aromatic carbocycles. The average molecular weight is 190 g/mol. The van der Waals surface area contributed by atoms with Crippen molar-refractivity contribution in [3.63, 3.8) is 0 Å². The Balaban J connectivity index is 1.86. The fourth-order valence-corrected chi connectivity index (χ4v) is 1.44. The minimum atomic E-state index is -0.450. The summed E-state index contributed by atoms with van der Waals surface area (Å²) in [5.74, 6) is 0.223. The first kappa shape index (κ1) is 9.41. The van der Waals surface area contributed by atoms with E-state index in [2.05, 4.69) is 0 Å². The Morgan fingerprint density at radius 2 is 2.07 bits per heavy atom. The molecule has 0 aromatic heterocycles. The van der Waals surface area contributed by atoms with Crippen LogP contribution in [0.5, 0.6) is 0 Å². The van der Waals surface area contributed by atoms with Gasteiger partial charge in [0.25, 0.3) is 0 Å². The van der Waals surface area contributed by atoms with Crippen molar-refractivity contribution in [1.29, 1.82) is 0 Å². The van der Waals surface area contributed by atoms with Crippen LogP contribution >= 0.6 is 0 Å². The van der Waals surface area contributed by atoms with Gasteiger partial charge in [0.2, 0.25) is 0 Å². The number of ether oxygens (including phenoxy) is 1. The fraction of sp³-hybridized carbons (Fsp3) is 0.417. The molecule has 0 amide bonds. The van der Waals surface area contributed by atoms with Crippen LogP contribution in [0.3, 0.4) is 0 Å². The van der Waals surface area contributed by atoms with Crippen LogP contribution in [0.4, 0.5) is 0 Å². The molecule has 2 rings (SSSR count). The molecule has 0 spiro atoms. The maximum atomic E-state index is 11.6. The van der Waals surface area contributed by atoms with Crippen LogP contribution in [0, 0.1) is 0 Å². The third-order valence-electron chi connectivity index (χ3n) is 2.65. The maximum Gasteiger partial charge on any atom is 0.167 e. The molecular weight excluding hydrogens is 176 g/mol. The third kappa shape index (κ3) is 2.02. The Kier molecular flexibility index (Phi) is 2.38. The maximum absolute atomic E-state index is 11.6. The summed E-state index contributed by atoms with van der Waals surface area (Å²) in [6.07, 6.45) is 1.40. The molecule has 74 valence electrons. The Hall–Kier alpha value is -1.15. The number of epoxide rings is 1. The number of aryl methyl sites for hydroxylation is 1. The Morgan fingerprint density at radius 1 is 1.43 bits per heavy atom. The quantitative estimate of drug-likeness (QED) is 0.679. The zero-order valence-electron chi connectivity index (χ0n) is 8.32. The molecule has 1 aliphatic heterocycles. The number of hydrogen-bond acceptors (Lipinski definition) is 2. The van der Waals surface area contributed by atoms with Crippen LogP contribution in [0.1, 0.15) is 18.9 Å². The smallest absolute Gasteiger partial charge is 0.167 e. The minimum absolute atomic E-state index is 0.223. The number of rotatable bonds is 4. The second-order valence-electron chi connectivity index (χ2n) is 3.93. The molecule has 1 saturated heterocycles. The van der Waals surface area contributed by atoms with Gasteiger partial charge >= 0.3 is 0 Å². The van der Waals surface area contributed by atoms with Gasteiger partial charge in [0.15, 0.2) is 5.78 Å². The summed E-state index contributed by atoms with van der Waals surface area (Å²) in [6, 6.07) is 10.1. The topological polar surface area (TPSA) is 29.6 Å². The van der Waals surface area contributed by atoms with E-state index in [9.17, 15) is 4.79 Å². The number of hydrogen-bond donors (Lipinski definition) is 0. The van der Waals surface area contributed by atoms with E-state index in [0.29, 0.717) is 13.0 Å². The zero-order valence-corrected chi connectivity index (χ0v) is 8.32. The predicted molar refractivity (Wildman–Crippen MR) is 54.1 cm³/mol. The summed E-state index contributed by atoms with van der Waals surface area (Å²) in [7, 11) is 0. The fourth-order valence-electron chi connectivity index (χ4n) is 1.44. The summed E-state index contributed by atoms with van der Waals surface area (Å²) < 4.78 is 5.10. The van der Waals surface area contributed by atoms with Gasteiger partial charge in [-0.1, -0.05) is 30.3 Å². The molecule has 0 N–H and O–H groups in total. The molecule has 2 heteroatoms. The van der Waals surface area contributed by atoms with E-state index in [4.69, 9.17) is 4.74 Å². The van der Waals surface area contributed by atoms with Crippen molar-refractivity contribution >= 4 is 5.78 Å². The minimum Gasteiger partial charge on any atom is -0.362 e. The van der Waals surface area contributed by atoms with E-state index in [1.165, 1.54) is 5.56 Å². The lowest BCUT2D eigenvalue weighted by Gasteiger charge is -2.03. The van der Waals surface area contributed by atoms with Crippen LogP contribution < -0.4 is 0 Å². The van der Waals surface area contributed by atoms with Crippen LogP contribution in [-0.2, 0) is 16.0 Å². The van der Waals surface area contributed by atoms with E-state index >= 15 is 0 Å². The van der Waals surface area contributed by atoms with E-state index in [0.717, 1.165) is 6.42 Å². The van der Waals surface area contributed by atoms with Crippen molar-refractivity contribution in [2.45, 2.75) is 25.4 Å². The largest absolute Gasteiger partial charge is 0.362 e. The lowest BCUT2D eigenvalue weighted by molar-refractivity contribution is -0.123. The van der Waals surface area contributed by atoms with Gasteiger partial charge in [-0.15, -0.1) is 0 Å². The Labute approximate surface area is 83.9 Å². The molecule has 0 saturated carbocycles. The first-order chi connectivity index (χ1) is 6.71. The van der Waals surface area contributed by atoms with Gasteiger partial charge in [-0.2, -0.15) is 0 Å². The van der Waals surface area contributed by atoms with Crippen molar-refractivity contribution in [3.8, 4) is 0 Å². The van der Waals surface area contributed by atoms with Gasteiger partial charge in [0.1, 0.15) is 5.60 Å². The van der Waals surface area contributed by atoms with Crippen LogP contribution in [0.25, 0.3) is 0 Å². The summed E-state index contributed by atoms with van der Waals surface area (Å²) >= 11 is 0. The summed E-state index contributed by atoms with van der Waals surface area (Å²) in [4.78, 5) is 11.6. The Morgan fingerprint density at radius 3 is 2.64 bits per heavy atom. The summed E-state index contributed by atoms with van der Waals surface area (Å²) in [6.45, 7) is 2.46. The molecule has 1 heterocycles. The van der Waals surface area contributed by atoms with Crippen molar-refractivity contribution in [1.82, 2.24) is 0 Å². The highest BCUT2D eigenvalue weighted by atomic mass is 16.6. The second-order valence-corrected chi connectivity index (χ2v) is 3.93. The molecule has 0 radical (unpaired) electrons. The monoisotopic (exact) mass is 190 g/mol. The number of carbonyl (C=O) groups is 1. The summed E-state index contributed by atoms with van der Waals surface area (Å²) in [5, 5.41) is 0. The van der Waals surface area contributed by atoms with Gasteiger partial charge in [-0.05, 0) is 18.9 Å². The van der Waals surface area contributed by atoms with Gasteiger partial charge in [0, 0.05) is 6.42 Å². The number of Topliss-reactive ketones (excluding diaryl/α,β-unsaturated/α-hetero) is 1. The molecule has 1 atom stereocenters. The SMILES string of the molecule is C[C@]1(C(=O)CCc2ccccc2)CO1. The molecule has 0 unspecified atom stereocenters. The zero-order chi connectivity index (χ0) is 10.0. The van der Waals surface area contributed by atoms with Crippen molar-refractivity contribution in [3.05, 3.63) is 35.9 Å². The molecule has 0 bridgehead atoms. The van der Waals surface area contributed by atoms with Gasteiger partial charge in [-0.25, -0.2) is 0 Å². The normalized spacial score (nSPS) is 24.6. The molecule has 1 aromatic rings. The van der Waals surface area contributed by atoms with Gasteiger partial charge in [-0.3, -0.25) is 4.79 Å². The number of ketones is 1. The van der Waals surface area contributed by atoms with E-state index < -0.39 is 5.60 Å². The van der Waals surface area contributed by atoms with Gasteiger partial charge in [0.05, 0.1) is 6.61 Å². The molecule has 0 aliphatic carbocycles. The predicted octanol–water partition coefficient (Wildman–Crippen LogP) is 1.98. The second kappa shape index (κ2) is 3.54.